The lowest BCUT2D eigenvalue weighted by Crippen LogP contribution is -2.06. The number of nitrogens with two attached hydrogens (primary N) is 1. The zero-order chi connectivity index (χ0) is 9.84. The second kappa shape index (κ2) is 4.17. The van der Waals surface area contributed by atoms with Crippen LogP contribution in [0.4, 0.5) is 5.69 Å². The summed E-state index contributed by atoms with van der Waals surface area (Å²) in [5, 5.41) is 0. The molecule has 72 valence electrons. The molecule has 2 N–H and O–H groups in total. The lowest BCUT2D eigenvalue weighted by atomic mass is 10.2. The summed E-state index contributed by atoms with van der Waals surface area (Å²) in [6.45, 7) is 6.93. The van der Waals surface area contributed by atoms with Gasteiger partial charge >= 0.3 is 0 Å². The molecule has 0 spiro atoms. The first-order valence-corrected chi connectivity index (χ1v) is 4.59. The molecule has 0 amide bonds. The second-order valence-corrected chi connectivity index (χ2v) is 3.69. The Bertz CT molecular complexity index is 281. The average molecular weight is 179 g/mol. The largest absolute Gasteiger partial charge is 0.491 e. The van der Waals surface area contributed by atoms with Gasteiger partial charge in [-0.1, -0.05) is 26.0 Å². The third kappa shape index (κ3) is 2.65. The zero-order valence-electron chi connectivity index (χ0n) is 8.50. The molecule has 0 saturated heterocycles. The SMILES string of the molecule is Cc1cccc(OCC(C)C)c1N. The van der Waals surface area contributed by atoms with Gasteiger partial charge in [-0.05, 0) is 24.5 Å². The lowest BCUT2D eigenvalue weighted by Gasteiger charge is -2.11. The molecule has 0 aliphatic rings. The Morgan fingerprint density at radius 2 is 2.08 bits per heavy atom. The molecule has 0 aliphatic carbocycles. The van der Waals surface area contributed by atoms with E-state index in [1.54, 1.807) is 0 Å². The summed E-state index contributed by atoms with van der Waals surface area (Å²) in [6.07, 6.45) is 0. The predicted octanol–water partition coefficient (Wildman–Crippen LogP) is 2.61. The molecular weight excluding hydrogens is 162 g/mol. The lowest BCUT2D eigenvalue weighted by molar-refractivity contribution is 0.272. The minimum Gasteiger partial charge on any atom is -0.491 e. The second-order valence-electron chi connectivity index (χ2n) is 3.69. The van der Waals surface area contributed by atoms with Crippen molar-refractivity contribution in [2.24, 2.45) is 5.92 Å². The van der Waals surface area contributed by atoms with Gasteiger partial charge in [0, 0.05) is 0 Å². The van der Waals surface area contributed by atoms with Crippen LogP contribution in [0, 0.1) is 12.8 Å². The van der Waals surface area contributed by atoms with E-state index in [2.05, 4.69) is 13.8 Å². The quantitative estimate of drug-likeness (QED) is 0.724. The van der Waals surface area contributed by atoms with E-state index in [0.29, 0.717) is 12.5 Å². The molecule has 0 radical (unpaired) electrons. The first kappa shape index (κ1) is 9.90. The molecule has 13 heavy (non-hydrogen) atoms. The van der Waals surface area contributed by atoms with E-state index in [4.69, 9.17) is 10.5 Å². The number of ether oxygens (including phenoxy) is 1. The van der Waals surface area contributed by atoms with E-state index >= 15 is 0 Å². The highest BCUT2D eigenvalue weighted by atomic mass is 16.5. The van der Waals surface area contributed by atoms with Crippen LogP contribution in [0.2, 0.25) is 0 Å². The number of aryl methyl sites for hydroxylation is 1. The summed E-state index contributed by atoms with van der Waals surface area (Å²) < 4.78 is 5.55. The van der Waals surface area contributed by atoms with Gasteiger partial charge in [-0.15, -0.1) is 0 Å². The topological polar surface area (TPSA) is 35.2 Å². The number of hydrogen-bond acceptors (Lipinski definition) is 2. The summed E-state index contributed by atoms with van der Waals surface area (Å²) in [6, 6.07) is 5.85. The fourth-order valence-corrected chi connectivity index (χ4v) is 1.04. The van der Waals surface area contributed by atoms with Crippen LogP contribution < -0.4 is 10.5 Å². The maximum absolute atomic E-state index is 5.84. The van der Waals surface area contributed by atoms with Crippen LogP contribution in [0.25, 0.3) is 0 Å². The van der Waals surface area contributed by atoms with Crippen LogP contribution in [-0.4, -0.2) is 6.61 Å². The molecule has 0 aliphatic heterocycles. The van der Waals surface area contributed by atoms with Crippen LogP contribution in [0.1, 0.15) is 19.4 Å². The predicted molar refractivity (Wildman–Crippen MR) is 55.9 cm³/mol. The van der Waals surface area contributed by atoms with Crippen LogP contribution in [-0.2, 0) is 0 Å². The summed E-state index contributed by atoms with van der Waals surface area (Å²) >= 11 is 0. The Labute approximate surface area is 79.7 Å². The third-order valence-electron chi connectivity index (χ3n) is 1.86. The molecule has 0 fully saturated rings. The molecule has 0 heterocycles. The Balaban J connectivity index is 2.71. The molecular formula is C11H17NO. The Kier molecular flexibility index (Phi) is 3.18. The maximum Gasteiger partial charge on any atom is 0.142 e. The normalized spacial score (nSPS) is 10.5. The molecule has 0 unspecified atom stereocenters. The molecule has 1 aromatic carbocycles. The fourth-order valence-electron chi connectivity index (χ4n) is 1.04. The number of rotatable bonds is 3. The molecule has 2 heteroatoms. The highest BCUT2D eigenvalue weighted by molar-refractivity contribution is 5.57. The summed E-state index contributed by atoms with van der Waals surface area (Å²) in [7, 11) is 0. The molecule has 0 aromatic heterocycles. The standard InChI is InChI=1S/C11H17NO/c1-8(2)7-13-10-6-4-5-9(3)11(10)12/h4-6,8H,7,12H2,1-3H3. The van der Waals surface area contributed by atoms with E-state index in [1.165, 1.54) is 0 Å². The monoisotopic (exact) mass is 179 g/mol. The van der Waals surface area contributed by atoms with Gasteiger partial charge in [0.25, 0.3) is 0 Å². The van der Waals surface area contributed by atoms with Crippen molar-refractivity contribution in [3.63, 3.8) is 0 Å². The Hall–Kier alpha value is -1.18. The third-order valence-corrected chi connectivity index (χ3v) is 1.86. The average Bonchev–Trinajstić information content (AvgIpc) is 2.07. The summed E-state index contributed by atoms with van der Waals surface area (Å²) in [5.74, 6) is 1.33. The number of hydrogen-bond donors (Lipinski definition) is 1. The summed E-state index contributed by atoms with van der Waals surface area (Å²) in [5.41, 5.74) is 7.67. The van der Waals surface area contributed by atoms with Crippen molar-refractivity contribution in [1.29, 1.82) is 0 Å². The van der Waals surface area contributed by atoms with Crippen LogP contribution in [0.15, 0.2) is 18.2 Å². The van der Waals surface area contributed by atoms with Crippen molar-refractivity contribution in [3.8, 4) is 5.75 Å². The van der Waals surface area contributed by atoms with Gasteiger partial charge in [0.05, 0.1) is 12.3 Å². The van der Waals surface area contributed by atoms with E-state index in [1.807, 2.05) is 25.1 Å². The molecule has 1 rings (SSSR count). The van der Waals surface area contributed by atoms with Crippen molar-refractivity contribution >= 4 is 5.69 Å². The zero-order valence-corrected chi connectivity index (χ0v) is 8.50. The molecule has 2 nitrogen and oxygen atoms in total. The van der Waals surface area contributed by atoms with E-state index in [0.717, 1.165) is 17.0 Å². The Morgan fingerprint density at radius 3 is 2.69 bits per heavy atom. The molecule has 0 saturated carbocycles. The van der Waals surface area contributed by atoms with E-state index in [-0.39, 0.29) is 0 Å². The highest BCUT2D eigenvalue weighted by Crippen LogP contribution is 2.24. The number of para-hydroxylation sites is 1. The first-order chi connectivity index (χ1) is 6.11. The van der Waals surface area contributed by atoms with Gasteiger partial charge in [0.15, 0.2) is 0 Å². The van der Waals surface area contributed by atoms with Crippen molar-refractivity contribution < 1.29 is 4.74 Å². The van der Waals surface area contributed by atoms with Gasteiger partial charge in [-0.25, -0.2) is 0 Å². The first-order valence-electron chi connectivity index (χ1n) is 4.59. The number of nitrogen functional groups attached to an aromatic ring is 1. The maximum atomic E-state index is 5.84. The van der Waals surface area contributed by atoms with Crippen molar-refractivity contribution in [2.45, 2.75) is 20.8 Å². The molecule has 1 aromatic rings. The van der Waals surface area contributed by atoms with E-state index in [9.17, 15) is 0 Å². The minimum absolute atomic E-state index is 0.528. The van der Waals surface area contributed by atoms with Gasteiger partial charge < -0.3 is 10.5 Å². The van der Waals surface area contributed by atoms with Crippen molar-refractivity contribution in [3.05, 3.63) is 23.8 Å². The van der Waals surface area contributed by atoms with Crippen molar-refractivity contribution in [1.82, 2.24) is 0 Å². The van der Waals surface area contributed by atoms with Gasteiger partial charge in [0.2, 0.25) is 0 Å². The van der Waals surface area contributed by atoms with Crippen LogP contribution >= 0.6 is 0 Å². The molecule has 0 atom stereocenters. The Morgan fingerprint density at radius 1 is 1.38 bits per heavy atom. The fraction of sp³-hybridized carbons (Fsp3) is 0.455. The number of anilines is 1. The highest BCUT2D eigenvalue weighted by Gasteiger charge is 2.02. The van der Waals surface area contributed by atoms with Crippen molar-refractivity contribution in [2.75, 3.05) is 12.3 Å². The smallest absolute Gasteiger partial charge is 0.142 e. The number of benzene rings is 1. The summed E-state index contributed by atoms with van der Waals surface area (Å²) in [4.78, 5) is 0. The van der Waals surface area contributed by atoms with Gasteiger partial charge in [-0.3, -0.25) is 0 Å². The van der Waals surface area contributed by atoms with E-state index < -0.39 is 0 Å². The van der Waals surface area contributed by atoms with Crippen LogP contribution in [0.3, 0.4) is 0 Å². The minimum atomic E-state index is 0.528. The van der Waals surface area contributed by atoms with Gasteiger partial charge in [-0.2, -0.15) is 0 Å². The van der Waals surface area contributed by atoms with Gasteiger partial charge in [0.1, 0.15) is 5.75 Å². The van der Waals surface area contributed by atoms with Crippen LogP contribution in [0.5, 0.6) is 5.75 Å². The molecule has 0 bridgehead atoms.